The Morgan fingerprint density at radius 3 is 1.97 bits per heavy atom. The second kappa shape index (κ2) is 9.76. The summed E-state index contributed by atoms with van der Waals surface area (Å²) < 4.78 is 16.3. The van der Waals surface area contributed by atoms with Gasteiger partial charge in [-0.25, -0.2) is 0 Å². The maximum atomic E-state index is 13.3. The molecule has 0 spiro atoms. The normalized spacial score (nSPS) is 16.4. The number of methoxy groups -OCH3 is 2. The Morgan fingerprint density at radius 2 is 1.47 bits per heavy atom. The number of benzene rings is 2. The summed E-state index contributed by atoms with van der Waals surface area (Å²) in [6.07, 6.45) is 1.07. The first-order valence-electron chi connectivity index (χ1n) is 10.3. The highest BCUT2D eigenvalue weighted by molar-refractivity contribution is 6.01. The highest BCUT2D eigenvalue weighted by Gasteiger charge is 2.41. The third-order valence-electron chi connectivity index (χ3n) is 5.93. The van der Waals surface area contributed by atoms with Gasteiger partial charge in [-0.15, -0.1) is 0 Å². The number of hydrogen-bond acceptors (Lipinski definition) is 6. The van der Waals surface area contributed by atoms with Crippen LogP contribution < -0.4 is 14.8 Å². The van der Waals surface area contributed by atoms with Gasteiger partial charge >= 0.3 is 5.97 Å². The molecule has 1 saturated heterocycles. The smallest absolute Gasteiger partial charge is 0.313 e. The van der Waals surface area contributed by atoms with Crippen LogP contribution >= 0.6 is 0 Å². The Bertz CT molecular complexity index is 854. The number of nitrogens with one attached hydrogen (secondary N) is 1. The Labute approximate surface area is 177 Å². The van der Waals surface area contributed by atoms with Gasteiger partial charge < -0.3 is 19.5 Å². The molecule has 1 atom stereocenters. The van der Waals surface area contributed by atoms with Gasteiger partial charge in [-0.1, -0.05) is 19.1 Å². The van der Waals surface area contributed by atoms with Gasteiger partial charge in [0.25, 0.3) is 0 Å². The molecule has 0 radical (unpaired) electrons. The lowest BCUT2D eigenvalue weighted by Crippen LogP contribution is -2.43. The number of ketones is 1. The van der Waals surface area contributed by atoms with E-state index in [2.05, 4.69) is 5.32 Å². The Balaban J connectivity index is 1.91. The monoisotopic (exact) mass is 411 g/mol. The highest BCUT2D eigenvalue weighted by atomic mass is 16.5. The van der Waals surface area contributed by atoms with Gasteiger partial charge in [0.2, 0.25) is 5.78 Å². The quantitative estimate of drug-likeness (QED) is 0.524. The molecule has 0 aliphatic carbocycles. The van der Waals surface area contributed by atoms with E-state index in [4.69, 9.17) is 14.2 Å². The lowest BCUT2D eigenvalue weighted by atomic mass is 9.76. The molecule has 0 saturated carbocycles. The number of esters is 1. The molecule has 1 unspecified atom stereocenters. The van der Waals surface area contributed by atoms with E-state index in [1.165, 1.54) is 0 Å². The topological polar surface area (TPSA) is 73.9 Å². The summed E-state index contributed by atoms with van der Waals surface area (Å²) in [6, 6.07) is 13.9. The maximum absolute atomic E-state index is 13.3. The van der Waals surface area contributed by atoms with Crippen LogP contribution in [0.2, 0.25) is 0 Å². The summed E-state index contributed by atoms with van der Waals surface area (Å²) in [5, 5.41) is 3.29. The fourth-order valence-electron chi connectivity index (χ4n) is 3.80. The van der Waals surface area contributed by atoms with Crippen molar-refractivity contribution in [2.75, 3.05) is 27.3 Å². The number of Topliss-reactive ketones (excluding diaryl/α,β-unsaturated/α-hetero) is 1. The molecule has 30 heavy (non-hydrogen) atoms. The number of rotatable bonds is 8. The zero-order chi connectivity index (χ0) is 21.6. The zero-order valence-electron chi connectivity index (χ0n) is 17.8. The molecule has 1 aliphatic rings. The second-order valence-electron chi connectivity index (χ2n) is 7.54. The number of hydrogen-bond donors (Lipinski definition) is 1. The summed E-state index contributed by atoms with van der Waals surface area (Å²) >= 11 is 0. The molecule has 1 aliphatic heterocycles. The minimum absolute atomic E-state index is 0.267. The van der Waals surface area contributed by atoms with Gasteiger partial charge in [0, 0.05) is 11.1 Å². The lowest BCUT2D eigenvalue weighted by Gasteiger charge is -2.35. The van der Waals surface area contributed by atoms with Crippen LogP contribution in [0.3, 0.4) is 0 Å². The van der Waals surface area contributed by atoms with Crippen LogP contribution in [0.25, 0.3) is 0 Å². The van der Waals surface area contributed by atoms with Crippen molar-refractivity contribution in [3.8, 4) is 11.5 Å². The summed E-state index contributed by atoms with van der Waals surface area (Å²) in [5.41, 5.74) is 0.515. The van der Waals surface area contributed by atoms with E-state index in [1.807, 2.05) is 6.92 Å². The lowest BCUT2D eigenvalue weighted by molar-refractivity contribution is -0.162. The van der Waals surface area contributed by atoms with Crippen molar-refractivity contribution >= 4 is 11.8 Å². The van der Waals surface area contributed by atoms with Gasteiger partial charge in [-0.05, 0) is 68.8 Å². The van der Waals surface area contributed by atoms with Crippen molar-refractivity contribution in [1.82, 2.24) is 5.32 Å². The van der Waals surface area contributed by atoms with Crippen LogP contribution in [0.5, 0.6) is 11.5 Å². The number of ether oxygens (including phenoxy) is 3. The van der Waals surface area contributed by atoms with Gasteiger partial charge in [-0.2, -0.15) is 0 Å². The van der Waals surface area contributed by atoms with Crippen molar-refractivity contribution in [1.29, 1.82) is 0 Å². The van der Waals surface area contributed by atoms with Crippen LogP contribution in [0.1, 0.15) is 48.2 Å². The highest BCUT2D eigenvalue weighted by Crippen LogP contribution is 2.37. The number of carbonyl (C=O) groups is 2. The van der Waals surface area contributed by atoms with E-state index in [0.717, 1.165) is 13.1 Å². The van der Waals surface area contributed by atoms with E-state index in [-0.39, 0.29) is 11.8 Å². The molecule has 3 rings (SSSR count). The van der Waals surface area contributed by atoms with Crippen molar-refractivity contribution in [2.24, 2.45) is 5.41 Å². The molecule has 160 valence electrons. The van der Waals surface area contributed by atoms with Crippen LogP contribution in [-0.4, -0.2) is 39.1 Å². The van der Waals surface area contributed by atoms with E-state index >= 15 is 0 Å². The molecule has 6 nitrogen and oxygen atoms in total. The first-order valence-corrected chi connectivity index (χ1v) is 10.3. The third-order valence-corrected chi connectivity index (χ3v) is 5.93. The van der Waals surface area contributed by atoms with Crippen LogP contribution in [0.15, 0.2) is 48.5 Å². The summed E-state index contributed by atoms with van der Waals surface area (Å²) in [5.74, 6) is 0.749. The molecule has 0 bridgehead atoms. The molecule has 1 heterocycles. The summed E-state index contributed by atoms with van der Waals surface area (Å²) in [6.45, 7) is 3.53. The standard InChI is InChI=1S/C24H29NO5/c1-4-24(13-15-25-16-14-24)23(27)30-22(18-7-11-20(29-3)12-8-18)21(26)17-5-9-19(28-2)10-6-17/h5-12,22,25H,4,13-16H2,1-3H3. The average molecular weight is 411 g/mol. The van der Waals surface area contributed by atoms with Gasteiger partial charge in [0.1, 0.15) is 11.5 Å². The number of carbonyl (C=O) groups excluding carboxylic acids is 2. The Morgan fingerprint density at radius 1 is 0.933 bits per heavy atom. The van der Waals surface area contributed by atoms with Gasteiger partial charge in [0.15, 0.2) is 6.10 Å². The molecule has 2 aromatic rings. The molecule has 2 aromatic carbocycles. The Kier molecular flexibility index (Phi) is 7.11. The summed E-state index contributed by atoms with van der Waals surface area (Å²) in [7, 11) is 3.15. The maximum Gasteiger partial charge on any atom is 0.313 e. The van der Waals surface area contributed by atoms with Crippen molar-refractivity contribution in [3.05, 3.63) is 59.7 Å². The molecule has 1 N–H and O–H groups in total. The molecular formula is C24H29NO5. The first kappa shape index (κ1) is 21.8. The van der Waals surface area contributed by atoms with E-state index in [9.17, 15) is 9.59 Å². The molecule has 0 aromatic heterocycles. The Hall–Kier alpha value is -2.86. The van der Waals surface area contributed by atoms with E-state index < -0.39 is 11.5 Å². The first-order chi connectivity index (χ1) is 14.5. The third kappa shape index (κ3) is 4.65. The minimum atomic E-state index is -1.02. The van der Waals surface area contributed by atoms with Crippen molar-refractivity contribution < 1.29 is 23.8 Å². The fraction of sp³-hybridized carbons (Fsp3) is 0.417. The predicted octanol–water partition coefficient (Wildman–Crippen LogP) is 3.95. The SMILES string of the molecule is CCC1(C(=O)OC(C(=O)c2ccc(OC)cc2)c2ccc(OC)cc2)CCNCC1. The summed E-state index contributed by atoms with van der Waals surface area (Å²) in [4.78, 5) is 26.6. The van der Waals surface area contributed by atoms with Crippen LogP contribution in [0, 0.1) is 5.41 Å². The molecule has 0 amide bonds. The molecule has 1 fully saturated rings. The number of piperidine rings is 1. The molecule has 6 heteroatoms. The van der Waals surface area contributed by atoms with E-state index in [0.29, 0.717) is 41.9 Å². The second-order valence-corrected chi connectivity index (χ2v) is 7.54. The van der Waals surface area contributed by atoms with Gasteiger partial charge in [0.05, 0.1) is 19.6 Å². The van der Waals surface area contributed by atoms with Gasteiger partial charge in [-0.3, -0.25) is 9.59 Å². The minimum Gasteiger partial charge on any atom is -0.497 e. The van der Waals surface area contributed by atoms with E-state index in [1.54, 1.807) is 62.8 Å². The molecular weight excluding hydrogens is 382 g/mol. The fourth-order valence-corrected chi connectivity index (χ4v) is 3.80. The predicted molar refractivity (Wildman–Crippen MR) is 114 cm³/mol. The van der Waals surface area contributed by atoms with Crippen LogP contribution in [-0.2, 0) is 9.53 Å². The average Bonchev–Trinajstić information content (AvgIpc) is 2.82. The van der Waals surface area contributed by atoms with Crippen LogP contribution in [0.4, 0.5) is 0 Å². The van der Waals surface area contributed by atoms with Crippen molar-refractivity contribution in [3.63, 3.8) is 0 Å². The van der Waals surface area contributed by atoms with Crippen molar-refractivity contribution in [2.45, 2.75) is 32.3 Å². The largest absolute Gasteiger partial charge is 0.497 e. The zero-order valence-corrected chi connectivity index (χ0v) is 17.8.